The molecule has 28 heavy (non-hydrogen) atoms. The molecule has 1 heterocycles. The highest BCUT2D eigenvalue weighted by atomic mass is 32.2. The summed E-state index contributed by atoms with van der Waals surface area (Å²) in [5.74, 6) is -0.0764. The third-order valence-corrected chi connectivity index (χ3v) is 5.75. The molecule has 2 aromatic carbocycles. The molecule has 3 aromatic rings. The van der Waals surface area contributed by atoms with Crippen molar-refractivity contribution in [3.63, 3.8) is 0 Å². The first kappa shape index (κ1) is 19.9. The number of carbonyl (C=O) groups excluding carboxylic acids is 1. The predicted molar refractivity (Wildman–Crippen MR) is 114 cm³/mol. The van der Waals surface area contributed by atoms with Gasteiger partial charge < -0.3 is 5.32 Å². The lowest BCUT2D eigenvalue weighted by molar-refractivity contribution is -0.120. The van der Waals surface area contributed by atoms with E-state index in [2.05, 4.69) is 10.0 Å². The van der Waals surface area contributed by atoms with Crippen LogP contribution >= 0.6 is 11.3 Å². The normalized spacial score (nSPS) is 11.4. The van der Waals surface area contributed by atoms with Crippen molar-refractivity contribution in [3.05, 3.63) is 93.5 Å². The minimum Gasteiger partial charge on any atom is -0.351 e. The van der Waals surface area contributed by atoms with Gasteiger partial charge in [0, 0.05) is 10.6 Å². The summed E-state index contributed by atoms with van der Waals surface area (Å²) in [5, 5.41) is 5.97. The molecule has 0 unspecified atom stereocenters. The van der Waals surface area contributed by atoms with Crippen LogP contribution in [-0.4, -0.2) is 14.3 Å². The quantitative estimate of drug-likeness (QED) is 0.587. The van der Waals surface area contributed by atoms with Gasteiger partial charge in [0.1, 0.15) is 0 Å². The van der Waals surface area contributed by atoms with Crippen molar-refractivity contribution >= 4 is 39.0 Å². The summed E-state index contributed by atoms with van der Waals surface area (Å²) in [6.07, 6.45) is 1.78. The lowest BCUT2D eigenvalue weighted by Gasteiger charge is -2.07. The van der Waals surface area contributed by atoms with E-state index in [-0.39, 0.29) is 12.3 Å². The van der Waals surface area contributed by atoms with Crippen LogP contribution in [0.5, 0.6) is 0 Å². The third kappa shape index (κ3) is 6.37. The average molecular weight is 413 g/mol. The Labute approximate surface area is 168 Å². The summed E-state index contributed by atoms with van der Waals surface area (Å²) in [6, 6.07) is 19.9. The van der Waals surface area contributed by atoms with Gasteiger partial charge >= 0.3 is 0 Å². The topological polar surface area (TPSA) is 75.3 Å². The van der Waals surface area contributed by atoms with Crippen LogP contribution in [0.1, 0.15) is 16.0 Å². The molecule has 1 amide bonds. The Balaban J connectivity index is 1.53. The Morgan fingerprint density at radius 3 is 2.39 bits per heavy atom. The van der Waals surface area contributed by atoms with Gasteiger partial charge in [0.05, 0.1) is 18.4 Å². The molecular weight excluding hydrogens is 392 g/mol. The number of sulfonamides is 1. The second-order valence-electron chi connectivity index (χ2n) is 6.09. The molecule has 0 atom stereocenters. The summed E-state index contributed by atoms with van der Waals surface area (Å²) in [4.78, 5) is 13.1. The van der Waals surface area contributed by atoms with E-state index < -0.39 is 10.0 Å². The zero-order valence-electron chi connectivity index (χ0n) is 15.0. The van der Waals surface area contributed by atoms with Crippen molar-refractivity contribution in [2.75, 3.05) is 4.72 Å². The van der Waals surface area contributed by atoms with Crippen LogP contribution in [0.15, 0.2) is 77.5 Å². The zero-order valence-corrected chi connectivity index (χ0v) is 16.7. The van der Waals surface area contributed by atoms with Gasteiger partial charge in [-0.3, -0.25) is 9.52 Å². The monoisotopic (exact) mass is 412 g/mol. The standard InChI is InChI=1S/C21H20N2O3S2/c24-21(22-16-20-7-4-13-27-20)15-18-8-10-19(11-9-18)23-28(25,26)14-12-17-5-2-1-3-6-17/h1-14,23H,15-16H2,(H,22,24). The van der Waals surface area contributed by atoms with E-state index in [1.807, 2.05) is 47.8 Å². The molecule has 7 heteroatoms. The van der Waals surface area contributed by atoms with Gasteiger partial charge in [-0.15, -0.1) is 11.3 Å². The number of rotatable bonds is 8. The van der Waals surface area contributed by atoms with Crippen molar-refractivity contribution < 1.29 is 13.2 Å². The number of anilines is 1. The Morgan fingerprint density at radius 1 is 0.964 bits per heavy atom. The van der Waals surface area contributed by atoms with E-state index in [9.17, 15) is 13.2 Å². The molecule has 0 fully saturated rings. The molecule has 0 aliphatic carbocycles. The molecule has 0 aliphatic rings. The van der Waals surface area contributed by atoms with E-state index in [0.29, 0.717) is 12.2 Å². The molecule has 0 aliphatic heterocycles. The van der Waals surface area contributed by atoms with E-state index >= 15 is 0 Å². The first-order chi connectivity index (χ1) is 13.5. The second kappa shape index (κ2) is 9.34. The minimum absolute atomic E-state index is 0.0764. The first-order valence-electron chi connectivity index (χ1n) is 8.64. The van der Waals surface area contributed by atoms with Crippen molar-refractivity contribution in [2.24, 2.45) is 0 Å². The summed E-state index contributed by atoms with van der Waals surface area (Å²) in [7, 11) is -3.61. The van der Waals surface area contributed by atoms with Gasteiger partial charge in [-0.1, -0.05) is 48.5 Å². The largest absolute Gasteiger partial charge is 0.351 e. The van der Waals surface area contributed by atoms with Crippen molar-refractivity contribution in [3.8, 4) is 0 Å². The van der Waals surface area contributed by atoms with E-state index in [4.69, 9.17) is 0 Å². The summed E-state index contributed by atoms with van der Waals surface area (Å²) in [6.45, 7) is 0.516. The number of nitrogens with one attached hydrogen (secondary N) is 2. The highest BCUT2D eigenvalue weighted by molar-refractivity contribution is 7.95. The van der Waals surface area contributed by atoms with Gasteiger partial charge in [0.25, 0.3) is 10.0 Å². The summed E-state index contributed by atoms with van der Waals surface area (Å²) in [5.41, 5.74) is 2.06. The molecule has 0 saturated heterocycles. The van der Waals surface area contributed by atoms with Crippen LogP contribution in [0, 0.1) is 0 Å². The van der Waals surface area contributed by atoms with Crippen LogP contribution < -0.4 is 10.0 Å². The second-order valence-corrected chi connectivity index (χ2v) is 8.69. The Bertz CT molecular complexity index is 1030. The van der Waals surface area contributed by atoms with Gasteiger partial charge in [-0.2, -0.15) is 0 Å². The number of thiophene rings is 1. The molecule has 2 N–H and O–H groups in total. The van der Waals surface area contributed by atoms with E-state index in [0.717, 1.165) is 21.4 Å². The van der Waals surface area contributed by atoms with Gasteiger partial charge in [-0.25, -0.2) is 8.42 Å². The van der Waals surface area contributed by atoms with Crippen LogP contribution in [0.2, 0.25) is 0 Å². The summed E-state index contributed by atoms with van der Waals surface area (Å²) >= 11 is 1.60. The number of hydrogen-bond acceptors (Lipinski definition) is 4. The molecule has 0 bridgehead atoms. The Kier molecular flexibility index (Phi) is 6.62. The lowest BCUT2D eigenvalue weighted by Crippen LogP contribution is -2.24. The van der Waals surface area contributed by atoms with E-state index in [1.165, 1.54) is 6.08 Å². The molecular formula is C21H20N2O3S2. The predicted octanol–water partition coefficient (Wildman–Crippen LogP) is 4.02. The number of hydrogen-bond donors (Lipinski definition) is 2. The SMILES string of the molecule is O=C(Cc1ccc(NS(=O)(=O)C=Cc2ccccc2)cc1)NCc1cccs1. The highest BCUT2D eigenvalue weighted by Crippen LogP contribution is 2.14. The van der Waals surface area contributed by atoms with Gasteiger partial charge in [0.2, 0.25) is 5.91 Å². The molecule has 0 radical (unpaired) electrons. The third-order valence-electron chi connectivity index (χ3n) is 3.86. The fourth-order valence-electron chi connectivity index (χ4n) is 2.47. The van der Waals surface area contributed by atoms with Crippen molar-refractivity contribution in [2.45, 2.75) is 13.0 Å². The maximum absolute atomic E-state index is 12.2. The van der Waals surface area contributed by atoms with Crippen molar-refractivity contribution in [1.29, 1.82) is 0 Å². The molecule has 144 valence electrons. The van der Waals surface area contributed by atoms with Crippen LogP contribution in [-0.2, 0) is 27.8 Å². The molecule has 0 saturated carbocycles. The minimum atomic E-state index is -3.61. The maximum Gasteiger partial charge on any atom is 0.255 e. The number of amides is 1. The average Bonchev–Trinajstić information content (AvgIpc) is 3.21. The van der Waals surface area contributed by atoms with Crippen molar-refractivity contribution in [1.82, 2.24) is 5.32 Å². The van der Waals surface area contributed by atoms with Gasteiger partial charge in [-0.05, 0) is 40.8 Å². The fourth-order valence-corrected chi connectivity index (χ4v) is 3.98. The molecule has 5 nitrogen and oxygen atoms in total. The number of carbonyl (C=O) groups is 1. The molecule has 1 aromatic heterocycles. The zero-order chi connectivity index (χ0) is 19.8. The van der Waals surface area contributed by atoms with Crippen LogP contribution in [0.4, 0.5) is 5.69 Å². The Morgan fingerprint density at radius 2 is 1.71 bits per heavy atom. The first-order valence-corrected chi connectivity index (χ1v) is 11.1. The molecule has 3 rings (SSSR count). The maximum atomic E-state index is 12.2. The fraction of sp³-hybridized carbons (Fsp3) is 0.0952. The van der Waals surface area contributed by atoms with Gasteiger partial charge in [0.15, 0.2) is 0 Å². The smallest absolute Gasteiger partial charge is 0.255 e. The Hall–Kier alpha value is -2.90. The molecule has 0 spiro atoms. The van der Waals surface area contributed by atoms with E-state index in [1.54, 1.807) is 35.6 Å². The summed E-state index contributed by atoms with van der Waals surface area (Å²) < 4.78 is 26.8. The number of benzene rings is 2. The van der Waals surface area contributed by atoms with Crippen LogP contribution in [0.3, 0.4) is 0 Å². The highest BCUT2D eigenvalue weighted by Gasteiger charge is 2.07. The lowest BCUT2D eigenvalue weighted by atomic mass is 10.1. The van der Waals surface area contributed by atoms with Crippen LogP contribution in [0.25, 0.3) is 6.08 Å².